The molecule has 2 atom stereocenters. The van der Waals surface area contributed by atoms with Gasteiger partial charge >= 0.3 is 0 Å². The molecule has 2 heterocycles. The number of methoxy groups -OCH3 is 1. The summed E-state index contributed by atoms with van der Waals surface area (Å²) in [6, 6.07) is 7.60. The van der Waals surface area contributed by atoms with E-state index in [1.165, 1.54) is 12.0 Å². The molecule has 0 saturated carbocycles. The fourth-order valence-corrected chi connectivity index (χ4v) is 4.86. The number of phenolic OH excluding ortho intramolecular Hbond substituents is 1. The molecule has 2 aliphatic heterocycles. The number of ketones is 1. The second-order valence-corrected chi connectivity index (χ2v) is 9.66. The zero-order valence-electron chi connectivity index (χ0n) is 19.5. The number of amides is 1. The number of likely N-dealkylation sites (tertiary alicyclic amines) is 1. The van der Waals surface area contributed by atoms with E-state index in [1.54, 1.807) is 30.3 Å². The first-order chi connectivity index (χ1) is 16.1. The van der Waals surface area contributed by atoms with E-state index < -0.39 is 17.7 Å². The van der Waals surface area contributed by atoms with Crippen molar-refractivity contribution >= 4 is 33.4 Å². The molecule has 0 aromatic heterocycles. The number of benzene rings is 2. The van der Waals surface area contributed by atoms with Gasteiger partial charge in [0.05, 0.1) is 23.2 Å². The number of hydrogen-bond donors (Lipinski definition) is 2. The van der Waals surface area contributed by atoms with Crippen LogP contribution in [0.4, 0.5) is 0 Å². The first-order valence-electron chi connectivity index (χ1n) is 10.9. The van der Waals surface area contributed by atoms with Crippen molar-refractivity contribution in [3.05, 3.63) is 57.1 Å². The largest absolute Gasteiger partial charge is 0.507 e. The van der Waals surface area contributed by atoms with Gasteiger partial charge in [0, 0.05) is 25.1 Å². The summed E-state index contributed by atoms with van der Waals surface area (Å²) in [5.74, 6) is -0.847. The Bertz CT molecular complexity index is 1190. The Morgan fingerprint density at radius 1 is 1.26 bits per heavy atom. The lowest BCUT2D eigenvalue weighted by Crippen LogP contribution is -2.35. The summed E-state index contributed by atoms with van der Waals surface area (Å²) in [5, 5.41) is 21.6. The summed E-state index contributed by atoms with van der Waals surface area (Å²) in [7, 11) is 5.17. The van der Waals surface area contributed by atoms with Gasteiger partial charge in [-0.1, -0.05) is 0 Å². The topological polar surface area (TPSA) is 99.5 Å². The number of ether oxygens (including phenoxy) is 2. The Balaban J connectivity index is 1.87. The molecular weight excluding hydrogens is 504 g/mol. The van der Waals surface area contributed by atoms with Crippen molar-refractivity contribution in [3.63, 3.8) is 0 Å². The third kappa shape index (κ3) is 4.25. The predicted molar refractivity (Wildman–Crippen MR) is 130 cm³/mol. The number of carbonyl (C=O) groups is 2. The van der Waals surface area contributed by atoms with E-state index in [9.17, 15) is 19.8 Å². The van der Waals surface area contributed by atoms with Gasteiger partial charge in [0.2, 0.25) is 0 Å². The number of phenols is 1. The lowest BCUT2D eigenvalue weighted by molar-refractivity contribution is -0.140. The van der Waals surface area contributed by atoms with Crippen molar-refractivity contribution in [2.24, 2.45) is 0 Å². The summed E-state index contributed by atoms with van der Waals surface area (Å²) in [4.78, 5) is 29.7. The molecule has 1 saturated heterocycles. The molecule has 0 aliphatic carbocycles. The summed E-state index contributed by atoms with van der Waals surface area (Å²) in [6.45, 7) is 2.76. The fourth-order valence-electron chi connectivity index (χ4n) is 4.40. The van der Waals surface area contributed by atoms with E-state index in [0.29, 0.717) is 28.6 Å². The quantitative estimate of drug-likeness (QED) is 0.335. The summed E-state index contributed by atoms with van der Waals surface area (Å²) in [5.41, 5.74) is 1.90. The number of rotatable bonds is 6. The van der Waals surface area contributed by atoms with Gasteiger partial charge in [-0.3, -0.25) is 9.59 Å². The maximum absolute atomic E-state index is 13.2. The molecule has 8 nitrogen and oxygen atoms in total. The lowest BCUT2D eigenvalue weighted by atomic mass is 9.94. The van der Waals surface area contributed by atoms with Gasteiger partial charge < -0.3 is 29.5 Å². The average molecular weight is 531 g/mol. The highest BCUT2D eigenvalue weighted by atomic mass is 79.9. The van der Waals surface area contributed by atoms with Gasteiger partial charge in [0.15, 0.2) is 11.5 Å². The van der Waals surface area contributed by atoms with Crippen LogP contribution in [0, 0.1) is 0 Å². The van der Waals surface area contributed by atoms with Gasteiger partial charge in [-0.2, -0.15) is 0 Å². The van der Waals surface area contributed by atoms with Crippen LogP contribution in [-0.4, -0.2) is 72.1 Å². The highest BCUT2D eigenvalue weighted by Crippen LogP contribution is 2.44. The molecule has 0 radical (unpaired) electrons. The first-order valence-corrected chi connectivity index (χ1v) is 11.7. The van der Waals surface area contributed by atoms with E-state index in [0.717, 1.165) is 11.3 Å². The van der Waals surface area contributed by atoms with Gasteiger partial charge in [0.25, 0.3) is 11.7 Å². The standard InChI is InChI=1S/C25H27BrN2O6/c1-13-9-15-10-14(5-6-18(15)34-13)22(29)20-21(16-11-17(26)23(30)19(12-16)33-4)28(8-7-27(2)3)25(32)24(20)31/h5-6,10-13,21,29-30H,7-9H2,1-4H3/t13-,21-/m1/s1. The maximum Gasteiger partial charge on any atom is 0.295 e. The molecule has 2 aromatic rings. The zero-order valence-corrected chi connectivity index (χ0v) is 21.0. The molecule has 1 amide bonds. The normalized spacial score (nSPS) is 21.2. The smallest absolute Gasteiger partial charge is 0.295 e. The molecule has 4 rings (SSSR count). The second-order valence-electron chi connectivity index (χ2n) is 8.80. The number of aliphatic hydroxyl groups excluding tert-OH is 1. The van der Waals surface area contributed by atoms with E-state index >= 15 is 0 Å². The van der Waals surface area contributed by atoms with Crippen molar-refractivity contribution in [2.75, 3.05) is 34.3 Å². The number of fused-ring (bicyclic) bond motifs is 1. The third-order valence-corrected chi connectivity index (χ3v) is 6.69. The van der Waals surface area contributed by atoms with Crippen molar-refractivity contribution in [1.82, 2.24) is 9.80 Å². The second kappa shape index (κ2) is 9.31. The molecule has 0 unspecified atom stereocenters. The monoisotopic (exact) mass is 530 g/mol. The number of hydrogen-bond acceptors (Lipinski definition) is 7. The Hall–Kier alpha value is -3.04. The minimum absolute atomic E-state index is 0.00434. The zero-order chi connectivity index (χ0) is 24.7. The van der Waals surface area contributed by atoms with Gasteiger partial charge in [-0.25, -0.2) is 0 Å². The van der Waals surface area contributed by atoms with Crippen molar-refractivity contribution < 1.29 is 29.3 Å². The summed E-state index contributed by atoms with van der Waals surface area (Å²) >= 11 is 3.32. The molecule has 2 N–H and O–H groups in total. The molecule has 1 fully saturated rings. The van der Waals surface area contributed by atoms with Crippen LogP contribution in [0.15, 0.2) is 40.4 Å². The summed E-state index contributed by atoms with van der Waals surface area (Å²) in [6.07, 6.45) is 0.727. The summed E-state index contributed by atoms with van der Waals surface area (Å²) < 4.78 is 11.4. The van der Waals surface area contributed by atoms with Crippen molar-refractivity contribution in [2.45, 2.75) is 25.5 Å². The van der Waals surface area contributed by atoms with Gasteiger partial charge in [-0.15, -0.1) is 0 Å². The van der Waals surface area contributed by atoms with Gasteiger partial charge in [0.1, 0.15) is 17.6 Å². The molecule has 9 heteroatoms. The lowest BCUT2D eigenvalue weighted by Gasteiger charge is -2.27. The van der Waals surface area contributed by atoms with Crippen LogP contribution in [-0.2, 0) is 16.0 Å². The minimum atomic E-state index is -0.853. The Labute approximate surface area is 206 Å². The number of likely N-dealkylation sites (N-methyl/N-ethyl adjacent to an activating group) is 1. The van der Waals surface area contributed by atoms with Crippen LogP contribution in [0.5, 0.6) is 17.2 Å². The number of halogens is 1. The number of carbonyl (C=O) groups excluding carboxylic acids is 2. The van der Waals surface area contributed by atoms with E-state index in [1.807, 2.05) is 25.9 Å². The Morgan fingerprint density at radius 3 is 2.68 bits per heavy atom. The van der Waals surface area contributed by atoms with E-state index in [4.69, 9.17) is 9.47 Å². The maximum atomic E-state index is 13.2. The molecule has 34 heavy (non-hydrogen) atoms. The first kappa shape index (κ1) is 24.1. The predicted octanol–water partition coefficient (Wildman–Crippen LogP) is 3.47. The molecule has 0 bridgehead atoms. The number of aromatic hydroxyl groups is 1. The van der Waals surface area contributed by atoms with Crippen LogP contribution in [0.25, 0.3) is 5.76 Å². The number of Topliss-reactive ketones (excluding diaryl/α,β-unsaturated/α-hetero) is 1. The third-order valence-electron chi connectivity index (χ3n) is 6.08. The molecule has 180 valence electrons. The van der Waals surface area contributed by atoms with Crippen molar-refractivity contribution in [1.29, 1.82) is 0 Å². The molecule has 2 aromatic carbocycles. The van der Waals surface area contributed by atoms with E-state index in [2.05, 4.69) is 15.9 Å². The van der Waals surface area contributed by atoms with E-state index in [-0.39, 0.29) is 35.5 Å². The van der Waals surface area contributed by atoms with Crippen LogP contribution >= 0.6 is 15.9 Å². The minimum Gasteiger partial charge on any atom is -0.507 e. The number of nitrogens with zero attached hydrogens (tertiary/aromatic N) is 2. The highest BCUT2D eigenvalue weighted by molar-refractivity contribution is 9.10. The fraction of sp³-hybridized carbons (Fsp3) is 0.360. The van der Waals surface area contributed by atoms with Crippen LogP contribution in [0.1, 0.15) is 29.7 Å². The Kier molecular flexibility index (Phi) is 6.60. The molecule has 2 aliphatic rings. The molecular formula is C25H27BrN2O6. The van der Waals surface area contributed by atoms with Crippen LogP contribution in [0.3, 0.4) is 0 Å². The SMILES string of the molecule is COc1cc([C@@H]2C(=C(O)c3ccc4c(c3)C[C@@H](C)O4)C(=O)C(=O)N2CCN(C)C)cc(Br)c1O. The number of aliphatic hydroxyl groups is 1. The van der Waals surface area contributed by atoms with Crippen molar-refractivity contribution in [3.8, 4) is 17.2 Å². The Morgan fingerprint density at radius 2 is 2.00 bits per heavy atom. The average Bonchev–Trinajstić information content (AvgIpc) is 3.29. The van der Waals surface area contributed by atoms with Crippen LogP contribution < -0.4 is 9.47 Å². The van der Waals surface area contributed by atoms with Gasteiger partial charge in [-0.05, 0) is 78.4 Å². The van der Waals surface area contributed by atoms with Crippen LogP contribution in [0.2, 0.25) is 0 Å². The molecule has 0 spiro atoms. The highest BCUT2D eigenvalue weighted by Gasteiger charge is 2.46.